The number of ether oxygens (including phenoxy) is 1. The number of aryl methyl sites for hydroxylation is 1. The molecule has 2 fully saturated rings. The van der Waals surface area contributed by atoms with Crippen LogP contribution in [-0.4, -0.2) is 30.3 Å². The Hall–Kier alpha value is -3.00. The first-order valence-electron chi connectivity index (χ1n) is 11.0. The zero-order valence-corrected chi connectivity index (χ0v) is 20.1. The zero-order chi connectivity index (χ0) is 23.7. The predicted molar refractivity (Wildman–Crippen MR) is 127 cm³/mol. The van der Waals surface area contributed by atoms with Crippen LogP contribution in [0.4, 0.5) is 11.4 Å². The third kappa shape index (κ3) is 4.85. The van der Waals surface area contributed by atoms with Crippen molar-refractivity contribution in [3.8, 4) is 0 Å². The summed E-state index contributed by atoms with van der Waals surface area (Å²) in [4.78, 5) is 51.8. The quantitative estimate of drug-likeness (QED) is 0.470. The normalized spacial score (nSPS) is 22.2. The highest BCUT2D eigenvalue weighted by Crippen LogP contribution is 2.42. The highest BCUT2D eigenvalue weighted by Gasteiger charge is 2.50. The lowest BCUT2D eigenvalue weighted by atomic mass is 9.76. The Balaban J connectivity index is 1.40. The van der Waals surface area contributed by atoms with Crippen molar-refractivity contribution in [1.29, 1.82) is 0 Å². The van der Waals surface area contributed by atoms with E-state index < -0.39 is 18.5 Å². The Morgan fingerprint density at radius 1 is 1.09 bits per heavy atom. The van der Waals surface area contributed by atoms with Crippen molar-refractivity contribution in [2.75, 3.05) is 16.8 Å². The molecule has 3 atom stereocenters. The van der Waals surface area contributed by atoms with Crippen LogP contribution in [0.5, 0.6) is 0 Å². The summed E-state index contributed by atoms with van der Waals surface area (Å²) in [6.07, 6.45) is 2.35. The van der Waals surface area contributed by atoms with E-state index in [4.69, 9.17) is 4.74 Å². The average molecular weight is 513 g/mol. The Kier molecular flexibility index (Phi) is 6.65. The van der Waals surface area contributed by atoms with E-state index in [2.05, 4.69) is 28.2 Å². The molecule has 4 rings (SSSR count). The Morgan fingerprint density at radius 2 is 1.85 bits per heavy atom. The molecule has 7 nitrogen and oxygen atoms in total. The van der Waals surface area contributed by atoms with E-state index in [0.717, 1.165) is 16.5 Å². The minimum absolute atomic E-state index is 0.170. The molecule has 1 heterocycles. The van der Waals surface area contributed by atoms with Crippen molar-refractivity contribution in [2.24, 2.45) is 17.8 Å². The lowest BCUT2D eigenvalue weighted by molar-refractivity contribution is -0.122. The van der Waals surface area contributed by atoms with Crippen LogP contribution in [0.15, 0.2) is 46.9 Å². The van der Waals surface area contributed by atoms with Gasteiger partial charge in [-0.2, -0.15) is 0 Å². The van der Waals surface area contributed by atoms with Gasteiger partial charge >= 0.3 is 5.97 Å². The molecular formula is C25H25BrN2O5. The molecule has 3 amide bonds. The number of nitrogens with one attached hydrogen (secondary N) is 1. The highest BCUT2D eigenvalue weighted by atomic mass is 79.9. The molecule has 33 heavy (non-hydrogen) atoms. The molecule has 0 bridgehead atoms. The second-order valence-corrected chi connectivity index (χ2v) is 9.64. The van der Waals surface area contributed by atoms with Crippen LogP contribution >= 0.6 is 15.9 Å². The molecule has 8 heteroatoms. The number of benzene rings is 2. The number of imide groups is 1. The summed E-state index contributed by atoms with van der Waals surface area (Å²) >= 11 is 3.40. The zero-order valence-electron chi connectivity index (χ0n) is 18.5. The van der Waals surface area contributed by atoms with E-state index in [-0.39, 0.29) is 29.2 Å². The van der Waals surface area contributed by atoms with Gasteiger partial charge in [0.1, 0.15) is 0 Å². The minimum Gasteiger partial charge on any atom is -0.452 e. The number of hydrogen-bond donors (Lipinski definition) is 1. The molecule has 172 valence electrons. The molecule has 2 aromatic rings. The highest BCUT2D eigenvalue weighted by molar-refractivity contribution is 9.10. The van der Waals surface area contributed by atoms with Crippen molar-refractivity contribution in [3.05, 3.63) is 58.1 Å². The number of halogens is 1. The van der Waals surface area contributed by atoms with Gasteiger partial charge in [0.15, 0.2) is 6.61 Å². The van der Waals surface area contributed by atoms with Crippen molar-refractivity contribution in [2.45, 2.75) is 33.1 Å². The molecule has 0 aromatic heterocycles. The number of fused-ring (bicyclic) bond motifs is 1. The van der Waals surface area contributed by atoms with Crippen LogP contribution in [0.2, 0.25) is 0 Å². The Labute approximate surface area is 200 Å². The third-order valence-corrected chi connectivity index (χ3v) is 7.19. The minimum atomic E-state index is -0.705. The Bertz CT molecular complexity index is 1130. The fourth-order valence-corrected chi connectivity index (χ4v) is 4.80. The van der Waals surface area contributed by atoms with Crippen molar-refractivity contribution >= 4 is 51.0 Å². The summed E-state index contributed by atoms with van der Waals surface area (Å²) < 4.78 is 6.07. The van der Waals surface area contributed by atoms with Crippen LogP contribution in [0, 0.1) is 24.7 Å². The number of carbonyl (C=O) groups excluding carboxylic acids is 4. The van der Waals surface area contributed by atoms with E-state index in [1.807, 2.05) is 13.0 Å². The van der Waals surface area contributed by atoms with Gasteiger partial charge in [-0.05, 0) is 74.1 Å². The first-order chi connectivity index (χ1) is 15.7. The standard InChI is InChI=1S/C25H25BrN2O5/c1-14-6-8-19-20(10-14)24(31)28(23(19)30)18-5-3-4-16(12-18)25(32)33-13-22(29)27-17-7-9-21(26)15(2)11-17/h3-5,7,9,11-12,14,19-20H,6,8,10,13H2,1-2H3,(H,27,29)/t14-,19+,20+/m0/s1. The fraction of sp³-hybridized carbons (Fsp3) is 0.360. The molecule has 1 saturated carbocycles. The van der Waals surface area contributed by atoms with E-state index >= 15 is 0 Å². The van der Waals surface area contributed by atoms with Gasteiger partial charge in [0, 0.05) is 10.2 Å². The molecule has 2 aliphatic rings. The van der Waals surface area contributed by atoms with Gasteiger partial charge in [0.2, 0.25) is 11.8 Å². The molecule has 1 N–H and O–H groups in total. The number of amides is 3. The number of rotatable bonds is 5. The maximum absolute atomic E-state index is 12.9. The molecule has 0 radical (unpaired) electrons. The number of hydrogen-bond acceptors (Lipinski definition) is 5. The van der Waals surface area contributed by atoms with Gasteiger partial charge < -0.3 is 10.1 Å². The lowest BCUT2D eigenvalue weighted by Gasteiger charge is -2.25. The predicted octanol–water partition coefficient (Wildman–Crippen LogP) is 4.48. The summed E-state index contributed by atoms with van der Waals surface area (Å²) in [5.74, 6) is -1.74. The van der Waals surface area contributed by atoms with Gasteiger partial charge in [-0.1, -0.05) is 28.9 Å². The van der Waals surface area contributed by atoms with Crippen LogP contribution in [-0.2, 0) is 19.1 Å². The fourth-order valence-electron chi connectivity index (χ4n) is 4.55. The van der Waals surface area contributed by atoms with E-state index in [1.54, 1.807) is 24.3 Å². The molecule has 0 unspecified atom stereocenters. The SMILES string of the molecule is Cc1cc(NC(=O)COC(=O)c2cccc(N3C(=O)[C@@H]4CC[C@H](C)C[C@H]4C3=O)c2)ccc1Br. The van der Waals surface area contributed by atoms with Gasteiger partial charge in [0.25, 0.3) is 5.91 Å². The number of carbonyl (C=O) groups is 4. The maximum atomic E-state index is 12.9. The topological polar surface area (TPSA) is 92.8 Å². The molecule has 1 aliphatic heterocycles. The van der Waals surface area contributed by atoms with E-state index in [1.165, 1.54) is 17.0 Å². The van der Waals surface area contributed by atoms with Gasteiger partial charge in [0.05, 0.1) is 23.1 Å². The molecule has 0 spiro atoms. The maximum Gasteiger partial charge on any atom is 0.338 e. The largest absolute Gasteiger partial charge is 0.452 e. The summed E-state index contributed by atoms with van der Waals surface area (Å²) in [6.45, 7) is 3.54. The van der Waals surface area contributed by atoms with Gasteiger partial charge in [-0.3, -0.25) is 19.3 Å². The number of nitrogens with zero attached hydrogens (tertiary/aromatic N) is 1. The van der Waals surface area contributed by atoms with Crippen molar-refractivity contribution in [3.63, 3.8) is 0 Å². The van der Waals surface area contributed by atoms with Crippen LogP contribution in [0.3, 0.4) is 0 Å². The first-order valence-corrected chi connectivity index (χ1v) is 11.7. The summed E-state index contributed by atoms with van der Waals surface area (Å²) in [5, 5.41) is 2.68. The van der Waals surface area contributed by atoms with Crippen molar-refractivity contribution in [1.82, 2.24) is 0 Å². The monoisotopic (exact) mass is 512 g/mol. The smallest absolute Gasteiger partial charge is 0.338 e. The summed E-state index contributed by atoms with van der Waals surface area (Å²) in [5.41, 5.74) is 2.09. The summed E-state index contributed by atoms with van der Waals surface area (Å²) in [6, 6.07) is 11.6. The second kappa shape index (κ2) is 9.47. The summed E-state index contributed by atoms with van der Waals surface area (Å²) in [7, 11) is 0. The van der Waals surface area contributed by atoms with E-state index in [0.29, 0.717) is 30.1 Å². The second-order valence-electron chi connectivity index (χ2n) is 8.78. The van der Waals surface area contributed by atoms with Gasteiger partial charge in [-0.15, -0.1) is 0 Å². The number of esters is 1. The number of anilines is 2. The van der Waals surface area contributed by atoms with Crippen LogP contribution in [0.1, 0.15) is 42.1 Å². The molecular weight excluding hydrogens is 488 g/mol. The first kappa shape index (κ1) is 23.2. The van der Waals surface area contributed by atoms with Crippen LogP contribution < -0.4 is 10.2 Å². The average Bonchev–Trinajstić information content (AvgIpc) is 3.04. The van der Waals surface area contributed by atoms with Gasteiger partial charge in [-0.25, -0.2) is 4.79 Å². The van der Waals surface area contributed by atoms with Crippen LogP contribution in [0.25, 0.3) is 0 Å². The van der Waals surface area contributed by atoms with Crippen molar-refractivity contribution < 1.29 is 23.9 Å². The lowest BCUT2D eigenvalue weighted by Crippen LogP contribution is -2.31. The van der Waals surface area contributed by atoms with E-state index in [9.17, 15) is 19.2 Å². The third-order valence-electron chi connectivity index (χ3n) is 6.30. The molecule has 1 aliphatic carbocycles. The molecule has 2 aromatic carbocycles. The molecule has 1 saturated heterocycles. The Morgan fingerprint density at radius 3 is 2.61 bits per heavy atom.